The minimum Gasteiger partial charge on any atom is -0.388 e. The van der Waals surface area contributed by atoms with Gasteiger partial charge in [0.2, 0.25) is 0 Å². The Hall–Kier alpha value is -1.72. The average molecular weight is 305 g/mol. The largest absolute Gasteiger partial charge is 0.388 e. The van der Waals surface area contributed by atoms with Gasteiger partial charge in [0.1, 0.15) is 5.82 Å². The molecule has 2 N–H and O–H groups in total. The summed E-state index contributed by atoms with van der Waals surface area (Å²) in [5.41, 5.74) is 0.172. The van der Waals surface area contributed by atoms with Crippen molar-refractivity contribution in [3.05, 3.63) is 47.1 Å². The fourth-order valence-corrected chi connectivity index (χ4v) is 3.25. The molecule has 21 heavy (non-hydrogen) atoms. The number of hydrogen-bond acceptors (Lipinski definition) is 3. The number of hydrogen-bond donors (Lipinski definition) is 2. The van der Waals surface area contributed by atoms with Crippen LogP contribution in [0.15, 0.2) is 36.4 Å². The van der Waals surface area contributed by atoms with Crippen LogP contribution in [0.4, 0.5) is 4.39 Å². The highest BCUT2D eigenvalue weighted by Gasteiger charge is 2.34. The van der Waals surface area contributed by atoms with Gasteiger partial charge in [-0.2, -0.15) is 0 Å². The van der Waals surface area contributed by atoms with Gasteiger partial charge in [0, 0.05) is 11.4 Å². The topological polar surface area (TPSA) is 49.3 Å². The van der Waals surface area contributed by atoms with E-state index >= 15 is 0 Å². The van der Waals surface area contributed by atoms with E-state index < -0.39 is 5.60 Å². The quantitative estimate of drug-likeness (QED) is 0.911. The minimum atomic E-state index is -0.716. The Kier molecular flexibility index (Phi) is 3.78. The Labute approximate surface area is 126 Å². The lowest BCUT2D eigenvalue weighted by Crippen LogP contribution is -2.47. The maximum Gasteiger partial charge on any atom is 0.261 e. The van der Waals surface area contributed by atoms with E-state index in [1.54, 1.807) is 18.2 Å². The number of aliphatic hydroxyl groups is 1. The monoisotopic (exact) mass is 305 g/mol. The molecule has 1 amide bonds. The van der Waals surface area contributed by atoms with Gasteiger partial charge in [-0.15, -0.1) is 11.3 Å². The van der Waals surface area contributed by atoms with Gasteiger partial charge >= 0.3 is 0 Å². The van der Waals surface area contributed by atoms with Crippen LogP contribution in [0.1, 0.15) is 28.9 Å². The maximum absolute atomic E-state index is 12.9. The third kappa shape index (κ3) is 3.14. The van der Waals surface area contributed by atoms with Crippen LogP contribution < -0.4 is 5.32 Å². The molecule has 0 bridgehead atoms. The number of carbonyl (C=O) groups is 1. The van der Waals surface area contributed by atoms with Gasteiger partial charge in [-0.1, -0.05) is 12.1 Å². The molecule has 3 rings (SSSR count). The predicted molar refractivity (Wildman–Crippen MR) is 80.8 cm³/mol. The molecule has 1 aromatic heterocycles. The summed E-state index contributed by atoms with van der Waals surface area (Å²) < 4.78 is 12.9. The van der Waals surface area contributed by atoms with Crippen molar-refractivity contribution in [2.45, 2.75) is 24.9 Å². The molecule has 0 spiro atoms. The van der Waals surface area contributed by atoms with E-state index in [-0.39, 0.29) is 11.7 Å². The number of halogens is 1. The van der Waals surface area contributed by atoms with Crippen LogP contribution in [0.25, 0.3) is 10.4 Å². The van der Waals surface area contributed by atoms with Crippen molar-refractivity contribution >= 4 is 17.2 Å². The molecule has 0 aliphatic heterocycles. The molecule has 1 aromatic carbocycles. The van der Waals surface area contributed by atoms with Crippen molar-refractivity contribution in [1.29, 1.82) is 0 Å². The number of thiophene rings is 1. The van der Waals surface area contributed by atoms with E-state index in [1.807, 2.05) is 6.07 Å². The van der Waals surface area contributed by atoms with Gasteiger partial charge < -0.3 is 10.4 Å². The highest BCUT2D eigenvalue weighted by Crippen LogP contribution is 2.31. The van der Waals surface area contributed by atoms with Crippen molar-refractivity contribution in [3.8, 4) is 10.4 Å². The second kappa shape index (κ2) is 5.58. The minimum absolute atomic E-state index is 0.173. The lowest BCUT2D eigenvalue weighted by atomic mass is 9.80. The first-order valence-corrected chi connectivity index (χ1v) is 7.74. The van der Waals surface area contributed by atoms with Gasteiger partial charge in [0.15, 0.2) is 0 Å². The molecule has 0 saturated heterocycles. The summed E-state index contributed by atoms with van der Waals surface area (Å²) in [4.78, 5) is 13.6. The SMILES string of the molecule is O=C(NCC1(O)CCC1)c1ccc(-c2ccc(F)cc2)s1. The van der Waals surface area contributed by atoms with E-state index in [9.17, 15) is 14.3 Å². The van der Waals surface area contributed by atoms with Crippen LogP contribution in [0, 0.1) is 5.82 Å². The fraction of sp³-hybridized carbons (Fsp3) is 0.312. The van der Waals surface area contributed by atoms with Crippen LogP contribution >= 0.6 is 11.3 Å². The van der Waals surface area contributed by atoms with E-state index in [1.165, 1.54) is 23.5 Å². The number of carbonyl (C=O) groups excluding carboxylic acids is 1. The molecule has 1 fully saturated rings. The summed E-state index contributed by atoms with van der Waals surface area (Å²) in [5.74, 6) is -0.448. The summed E-state index contributed by atoms with van der Waals surface area (Å²) in [7, 11) is 0. The normalized spacial score (nSPS) is 16.3. The molecule has 1 aliphatic carbocycles. The first kappa shape index (κ1) is 14.2. The Morgan fingerprint density at radius 1 is 1.24 bits per heavy atom. The summed E-state index contributed by atoms with van der Waals surface area (Å²) in [5, 5.41) is 12.7. The van der Waals surface area contributed by atoms with Gasteiger partial charge in [0.25, 0.3) is 5.91 Å². The molecule has 1 aliphatic rings. The van der Waals surface area contributed by atoms with Gasteiger partial charge in [-0.25, -0.2) is 4.39 Å². The van der Waals surface area contributed by atoms with Gasteiger partial charge in [-0.3, -0.25) is 4.79 Å². The van der Waals surface area contributed by atoms with E-state index in [0.717, 1.165) is 29.7 Å². The molecule has 110 valence electrons. The summed E-state index contributed by atoms with van der Waals surface area (Å²) in [6.07, 6.45) is 2.51. The smallest absolute Gasteiger partial charge is 0.261 e. The van der Waals surface area contributed by atoms with Gasteiger partial charge in [0.05, 0.1) is 10.5 Å². The second-order valence-electron chi connectivity index (χ2n) is 5.43. The highest BCUT2D eigenvalue weighted by atomic mass is 32.1. The summed E-state index contributed by atoms with van der Waals surface area (Å²) >= 11 is 1.36. The lowest BCUT2D eigenvalue weighted by molar-refractivity contribution is -0.0300. The average Bonchev–Trinajstić information content (AvgIpc) is 2.93. The molecule has 3 nitrogen and oxygen atoms in total. The van der Waals surface area contributed by atoms with Crippen molar-refractivity contribution in [1.82, 2.24) is 5.32 Å². The first-order chi connectivity index (χ1) is 10.1. The summed E-state index contributed by atoms with van der Waals surface area (Å²) in [6, 6.07) is 9.80. The lowest BCUT2D eigenvalue weighted by Gasteiger charge is -2.36. The molecule has 5 heteroatoms. The van der Waals surface area contributed by atoms with Crippen molar-refractivity contribution in [3.63, 3.8) is 0 Å². The van der Waals surface area contributed by atoms with Crippen LogP contribution in [0.2, 0.25) is 0 Å². The predicted octanol–water partition coefficient (Wildman–Crippen LogP) is 3.20. The van der Waals surface area contributed by atoms with Crippen LogP contribution in [0.5, 0.6) is 0 Å². The van der Waals surface area contributed by atoms with E-state index in [4.69, 9.17) is 0 Å². The van der Waals surface area contributed by atoms with E-state index in [0.29, 0.717) is 11.4 Å². The zero-order chi connectivity index (χ0) is 14.9. The first-order valence-electron chi connectivity index (χ1n) is 6.92. The zero-order valence-corrected chi connectivity index (χ0v) is 12.3. The highest BCUT2D eigenvalue weighted by molar-refractivity contribution is 7.17. The molecule has 0 unspecified atom stereocenters. The number of benzene rings is 1. The molecular formula is C16H16FNO2S. The molecule has 0 radical (unpaired) electrons. The molecule has 1 saturated carbocycles. The van der Waals surface area contributed by atoms with Crippen LogP contribution in [-0.4, -0.2) is 23.2 Å². The Morgan fingerprint density at radius 2 is 1.95 bits per heavy atom. The van der Waals surface area contributed by atoms with Crippen LogP contribution in [-0.2, 0) is 0 Å². The zero-order valence-electron chi connectivity index (χ0n) is 11.4. The standard InChI is InChI=1S/C16H16FNO2S/c17-12-4-2-11(3-5-12)13-6-7-14(21-13)15(19)18-10-16(20)8-1-9-16/h2-7,20H,1,8-10H2,(H,18,19). The Balaban J connectivity index is 1.66. The Morgan fingerprint density at radius 3 is 2.57 bits per heavy atom. The third-order valence-corrected chi connectivity index (χ3v) is 4.95. The van der Waals surface area contributed by atoms with Crippen molar-refractivity contribution in [2.75, 3.05) is 6.54 Å². The number of rotatable bonds is 4. The maximum atomic E-state index is 12.9. The molecular weight excluding hydrogens is 289 g/mol. The molecule has 0 atom stereocenters. The molecule has 1 heterocycles. The second-order valence-corrected chi connectivity index (χ2v) is 6.52. The van der Waals surface area contributed by atoms with Gasteiger partial charge in [-0.05, 0) is 49.1 Å². The molecule has 2 aromatic rings. The van der Waals surface area contributed by atoms with Crippen LogP contribution in [0.3, 0.4) is 0 Å². The number of nitrogens with one attached hydrogen (secondary N) is 1. The third-order valence-electron chi connectivity index (χ3n) is 3.82. The van der Waals surface area contributed by atoms with Crippen molar-refractivity contribution in [2.24, 2.45) is 0 Å². The van der Waals surface area contributed by atoms with E-state index in [2.05, 4.69) is 5.32 Å². The fourth-order valence-electron chi connectivity index (χ4n) is 2.32. The number of amides is 1. The van der Waals surface area contributed by atoms with Crippen molar-refractivity contribution < 1.29 is 14.3 Å². The summed E-state index contributed by atoms with van der Waals surface area (Å²) in [6.45, 7) is 0.301. The Bertz CT molecular complexity index is 647.